The molecule has 35 heavy (non-hydrogen) atoms. The van der Waals surface area contributed by atoms with Crippen LogP contribution in [0.1, 0.15) is 77.6 Å². The summed E-state index contributed by atoms with van der Waals surface area (Å²) in [5, 5.41) is 1.20. The highest BCUT2D eigenvalue weighted by Crippen LogP contribution is 2.36. The van der Waals surface area contributed by atoms with Gasteiger partial charge in [-0.15, -0.1) is 0 Å². The molecule has 2 atom stereocenters. The first-order chi connectivity index (χ1) is 16.3. The number of carbonyl (C=O) groups is 2. The van der Waals surface area contributed by atoms with E-state index in [2.05, 4.69) is 53.4 Å². The van der Waals surface area contributed by atoms with E-state index in [1.54, 1.807) is 4.57 Å². The molecule has 0 bridgehead atoms. The summed E-state index contributed by atoms with van der Waals surface area (Å²) in [6.07, 6.45) is 5.92. The van der Waals surface area contributed by atoms with Gasteiger partial charge in [0.25, 0.3) is 0 Å². The number of nitrogens with zero attached hydrogens (tertiary/aromatic N) is 1. The van der Waals surface area contributed by atoms with Crippen LogP contribution in [0.5, 0.6) is 0 Å². The number of benzene rings is 1. The lowest BCUT2D eigenvalue weighted by Gasteiger charge is -2.36. The highest BCUT2D eigenvalue weighted by molar-refractivity contribution is 6.74. The van der Waals surface area contributed by atoms with Crippen molar-refractivity contribution in [1.82, 2.24) is 4.57 Å². The maximum Gasteiger partial charge on any atom is 0.303 e. The van der Waals surface area contributed by atoms with Gasteiger partial charge in [-0.2, -0.15) is 0 Å². The van der Waals surface area contributed by atoms with Crippen LogP contribution in [0.2, 0.25) is 18.1 Å². The lowest BCUT2D eigenvalue weighted by atomic mass is 9.93. The van der Waals surface area contributed by atoms with Crippen molar-refractivity contribution in [2.75, 3.05) is 6.61 Å². The zero-order valence-electron chi connectivity index (χ0n) is 23.1. The first kappa shape index (κ1) is 29.0. The number of ether oxygens (including phenoxy) is 1. The molecule has 2 rings (SSSR count). The minimum atomic E-state index is -1.85. The molecule has 0 fully saturated rings. The number of unbranched alkanes of at least 4 members (excludes halogenated alkanes) is 2. The van der Waals surface area contributed by atoms with Crippen LogP contribution in [-0.2, 0) is 20.4 Å². The van der Waals surface area contributed by atoms with E-state index in [4.69, 9.17) is 9.16 Å². The van der Waals surface area contributed by atoms with Gasteiger partial charge < -0.3 is 9.16 Å². The summed E-state index contributed by atoms with van der Waals surface area (Å²) in [6.45, 7) is 21.4. The van der Waals surface area contributed by atoms with Crippen LogP contribution < -0.4 is 0 Å². The predicted molar refractivity (Wildman–Crippen MR) is 147 cm³/mol. The summed E-state index contributed by atoms with van der Waals surface area (Å²) >= 11 is 0. The van der Waals surface area contributed by atoms with Crippen molar-refractivity contribution in [2.24, 2.45) is 5.92 Å². The summed E-state index contributed by atoms with van der Waals surface area (Å²) in [5.74, 6) is -1.03. The second kappa shape index (κ2) is 12.2. The van der Waals surface area contributed by atoms with Gasteiger partial charge in [-0.25, -0.2) is 0 Å². The second-order valence-electron chi connectivity index (χ2n) is 11.2. The zero-order chi connectivity index (χ0) is 26.4. The molecule has 6 heteroatoms. The van der Waals surface area contributed by atoms with Gasteiger partial charge in [-0.1, -0.05) is 65.3 Å². The number of esters is 1. The molecule has 0 saturated heterocycles. The molecule has 5 nitrogen and oxygen atoms in total. The number of rotatable bonds is 12. The predicted octanol–water partition coefficient (Wildman–Crippen LogP) is 7.55. The maximum atomic E-state index is 13.7. The first-order valence-corrected chi connectivity index (χ1v) is 15.8. The van der Waals surface area contributed by atoms with Gasteiger partial charge in [-0.3, -0.25) is 14.2 Å². The van der Waals surface area contributed by atoms with E-state index >= 15 is 0 Å². The molecule has 0 aliphatic carbocycles. The largest absolute Gasteiger partial charge is 0.457 e. The normalized spacial score (nSPS) is 14.1. The van der Waals surface area contributed by atoms with E-state index in [9.17, 15) is 9.59 Å². The quantitative estimate of drug-likeness (QED) is 0.131. The van der Waals surface area contributed by atoms with Gasteiger partial charge in [-0.05, 0) is 61.5 Å². The second-order valence-corrected chi connectivity index (χ2v) is 16.0. The molecule has 1 heterocycles. The molecule has 0 saturated carbocycles. The Morgan fingerprint density at radius 3 is 2.40 bits per heavy atom. The molecule has 1 aromatic carbocycles. The van der Waals surface area contributed by atoms with Crippen LogP contribution in [0.4, 0.5) is 0 Å². The minimum Gasteiger partial charge on any atom is -0.457 e. The van der Waals surface area contributed by atoms with Crippen molar-refractivity contribution in [3.05, 3.63) is 48.2 Å². The van der Waals surface area contributed by atoms with Gasteiger partial charge in [0.05, 0.1) is 11.4 Å². The summed E-state index contributed by atoms with van der Waals surface area (Å²) in [4.78, 5) is 25.5. The lowest BCUT2D eigenvalue weighted by Crippen LogP contribution is -2.41. The fourth-order valence-electron chi connectivity index (χ4n) is 4.08. The third-order valence-electron chi connectivity index (χ3n) is 7.31. The minimum absolute atomic E-state index is 0.0966. The summed E-state index contributed by atoms with van der Waals surface area (Å²) in [7, 11) is -1.85. The van der Waals surface area contributed by atoms with Crippen molar-refractivity contribution >= 4 is 31.1 Å². The molecule has 194 valence electrons. The van der Waals surface area contributed by atoms with E-state index in [1.165, 1.54) is 6.92 Å². The number of hydrogen-bond donors (Lipinski definition) is 0. The van der Waals surface area contributed by atoms with E-state index in [-0.39, 0.29) is 10.9 Å². The third-order valence-corrected chi connectivity index (χ3v) is 11.9. The molecule has 1 aromatic heterocycles. The van der Waals surface area contributed by atoms with Gasteiger partial charge in [0, 0.05) is 25.1 Å². The van der Waals surface area contributed by atoms with Crippen LogP contribution in [0.15, 0.2) is 42.6 Å². The molecule has 0 spiro atoms. The van der Waals surface area contributed by atoms with Gasteiger partial charge in [0.1, 0.15) is 6.10 Å². The van der Waals surface area contributed by atoms with Crippen molar-refractivity contribution in [2.45, 2.75) is 97.9 Å². The molecular formula is C29H45NO4Si. The topological polar surface area (TPSA) is 57.5 Å². The molecule has 0 N–H and O–H groups in total. The zero-order valence-corrected chi connectivity index (χ0v) is 24.1. The molecule has 2 aromatic rings. The molecule has 0 aliphatic rings. The van der Waals surface area contributed by atoms with Crippen LogP contribution in [0.25, 0.3) is 10.9 Å². The molecule has 0 aliphatic heterocycles. The average Bonchev–Trinajstić information content (AvgIpc) is 3.14. The SMILES string of the molecule is C=C(CCCCC)[C@@H](OC(C)=O)[C@H](C)C(=O)n1cc(CCO[Si](C)(C)C(C)(C)C)c2ccccc21. The van der Waals surface area contributed by atoms with Crippen LogP contribution in [0, 0.1) is 5.92 Å². The first-order valence-electron chi connectivity index (χ1n) is 12.9. The fourth-order valence-corrected chi connectivity index (χ4v) is 5.12. The summed E-state index contributed by atoms with van der Waals surface area (Å²) < 4.78 is 13.7. The Morgan fingerprint density at radius 2 is 1.80 bits per heavy atom. The van der Waals surface area contributed by atoms with E-state index < -0.39 is 26.3 Å². The van der Waals surface area contributed by atoms with Crippen LogP contribution in [-0.4, -0.2) is 37.5 Å². The number of hydrogen-bond acceptors (Lipinski definition) is 4. The van der Waals surface area contributed by atoms with Crippen molar-refractivity contribution in [3.63, 3.8) is 0 Å². The number of carbonyl (C=O) groups excluding carboxylic acids is 2. The monoisotopic (exact) mass is 499 g/mol. The van der Waals surface area contributed by atoms with E-state index in [1.807, 2.05) is 31.3 Å². The summed E-state index contributed by atoms with van der Waals surface area (Å²) in [6, 6.07) is 7.96. The smallest absolute Gasteiger partial charge is 0.303 e. The average molecular weight is 500 g/mol. The molecule has 0 amide bonds. The van der Waals surface area contributed by atoms with Crippen molar-refractivity contribution < 1.29 is 18.8 Å². The number of para-hydroxylation sites is 1. The Kier molecular flexibility index (Phi) is 10.1. The van der Waals surface area contributed by atoms with Crippen LogP contribution in [0.3, 0.4) is 0 Å². The van der Waals surface area contributed by atoms with Crippen LogP contribution >= 0.6 is 0 Å². The van der Waals surface area contributed by atoms with E-state index in [0.717, 1.165) is 54.1 Å². The Bertz CT molecular complexity index is 1030. The number of aromatic nitrogens is 1. The molecule has 0 unspecified atom stereocenters. The van der Waals surface area contributed by atoms with E-state index in [0.29, 0.717) is 6.61 Å². The fraction of sp³-hybridized carbons (Fsp3) is 0.586. The Balaban J connectivity index is 2.29. The number of fused-ring (bicyclic) bond motifs is 1. The van der Waals surface area contributed by atoms with Gasteiger partial charge in [0.15, 0.2) is 8.32 Å². The Hall–Kier alpha value is -2.18. The standard InChI is InChI=1S/C29H45NO4Si/c1-10-11-12-15-21(2)27(34-23(4)31)22(3)28(32)30-20-24(25-16-13-14-17-26(25)30)18-19-33-35(8,9)29(5,6)7/h13-14,16-17,20,22,27H,2,10-12,15,18-19H2,1,3-9H3/t22-,27+/m0/s1. The Labute approximate surface area is 213 Å². The molecular weight excluding hydrogens is 454 g/mol. The molecule has 0 radical (unpaired) electrons. The maximum absolute atomic E-state index is 13.7. The Morgan fingerprint density at radius 1 is 1.14 bits per heavy atom. The summed E-state index contributed by atoms with van der Waals surface area (Å²) in [5.41, 5.74) is 2.75. The van der Waals surface area contributed by atoms with Crippen molar-refractivity contribution in [3.8, 4) is 0 Å². The van der Waals surface area contributed by atoms with Crippen molar-refractivity contribution in [1.29, 1.82) is 0 Å². The highest BCUT2D eigenvalue weighted by atomic mass is 28.4. The lowest BCUT2D eigenvalue weighted by molar-refractivity contribution is -0.146. The van der Waals surface area contributed by atoms with Gasteiger partial charge in [0.2, 0.25) is 5.91 Å². The third kappa shape index (κ3) is 7.40. The van der Waals surface area contributed by atoms with Gasteiger partial charge >= 0.3 is 5.97 Å². The highest BCUT2D eigenvalue weighted by Gasteiger charge is 2.37.